The molecule has 2 aliphatic rings. The zero-order valence-electron chi connectivity index (χ0n) is 12.6. The molecule has 1 heteroatoms. The number of benzene rings is 1. The topological polar surface area (TPSA) is 12.0 Å². The third-order valence-electron chi connectivity index (χ3n) is 5.60. The van der Waals surface area contributed by atoms with E-state index in [2.05, 4.69) is 44.3 Å². The van der Waals surface area contributed by atoms with Crippen LogP contribution in [0.15, 0.2) is 18.2 Å². The molecule has 0 radical (unpaired) electrons. The first-order valence-corrected chi connectivity index (χ1v) is 7.94. The van der Waals surface area contributed by atoms with E-state index in [1.165, 1.54) is 48.9 Å². The van der Waals surface area contributed by atoms with Crippen LogP contribution < -0.4 is 5.32 Å². The smallest absolute Gasteiger partial charge is 0.0292 e. The molecule has 4 atom stereocenters. The van der Waals surface area contributed by atoms with Crippen molar-refractivity contribution in [3.05, 3.63) is 34.9 Å². The van der Waals surface area contributed by atoms with E-state index < -0.39 is 0 Å². The quantitative estimate of drug-likeness (QED) is 0.843. The fraction of sp³-hybridized carbons (Fsp3) is 0.667. The number of hydrogen-bond acceptors (Lipinski definition) is 1. The first-order valence-electron chi connectivity index (χ1n) is 7.94. The van der Waals surface area contributed by atoms with Crippen LogP contribution in [0.1, 0.15) is 55.3 Å². The number of hydrogen-bond donors (Lipinski definition) is 1. The normalized spacial score (nSPS) is 30.8. The molecule has 1 aromatic rings. The van der Waals surface area contributed by atoms with E-state index in [9.17, 15) is 0 Å². The second-order valence-corrected chi connectivity index (χ2v) is 6.91. The molecular weight excluding hydrogens is 230 g/mol. The molecule has 0 heterocycles. The van der Waals surface area contributed by atoms with Crippen LogP contribution in [-0.4, -0.2) is 6.54 Å². The van der Waals surface area contributed by atoms with Crippen molar-refractivity contribution in [1.82, 2.24) is 5.32 Å². The highest BCUT2D eigenvalue weighted by atomic mass is 14.9. The van der Waals surface area contributed by atoms with E-state index in [1.54, 1.807) is 0 Å². The predicted octanol–water partition coefficient (Wildman–Crippen LogP) is 4.39. The summed E-state index contributed by atoms with van der Waals surface area (Å²) in [7, 11) is 0. The summed E-state index contributed by atoms with van der Waals surface area (Å²) in [6.07, 6.45) is 6.00. The first kappa shape index (κ1) is 13.2. The molecule has 0 aliphatic heterocycles. The lowest BCUT2D eigenvalue weighted by Gasteiger charge is -2.24. The molecule has 0 aromatic heterocycles. The van der Waals surface area contributed by atoms with Gasteiger partial charge in [0.15, 0.2) is 0 Å². The molecular formula is C18H27N. The molecule has 19 heavy (non-hydrogen) atoms. The molecule has 2 saturated carbocycles. The Labute approximate surface area is 117 Å². The summed E-state index contributed by atoms with van der Waals surface area (Å²) in [6, 6.07) is 7.35. The van der Waals surface area contributed by atoms with Crippen molar-refractivity contribution >= 4 is 0 Å². The maximum Gasteiger partial charge on any atom is 0.0292 e. The lowest BCUT2D eigenvalue weighted by molar-refractivity contribution is 0.309. The maximum atomic E-state index is 3.77. The minimum atomic E-state index is 0.485. The molecule has 2 fully saturated rings. The summed E-state index contributed by atoms with van der Waals surface area (Å²) in [5, 5.41) is 3.77. The van der Waals surface area contributed by atoms with Gasteiger partial charge in [0.05, 0.1) is 0 Å². The molecule has 1 aromatic carbocycles. The van der Waals surface area contributed by atoms with Gasteiger partial charge in [0.2, 0.25) is 0 Å². The molecule has 3 rings (SSSR count). The standard InChI is InChI=1S/C18H27N/c1-12-4-6-16(8-13(12)2)14(3)19-11-18-10-15-5-7-17(18)9-15/h4,6,8,14-15,17-19H,5,7,9-11H2,1-3H3. The average Bonchev–Trinajstić information content (AvgIpc) is 3.01. The SMILES string of the molecule is Cc1ccc(C(C)NCC2CC3CCC2C3)cc1C. The Hall–Kier alpha value is -0.820. The van der Waals surface area contributed by atoms with E-state index in [0.717, 1.165) is 17.8 Å². The molecule has 0 spiro atoms. The van der Waals surface area contributed by atoms with Gasteiger partial charge in [-0.3, -0.25) is 0 Å². The van der Waals surface area contributed by atoms with Crippen LogP contribution in [0, 0.1) is 31.6 Å². The highest BCUT2D eigenvalue weighted by molar-refractivity contribution is 5.31. The molecule has 0 amide bonds. The van der Waals surface area contributed by atoms with Gasteiger partial charge in [-0.05, 0) is 81.0 Å². The van der Waals surface area contributed by atoms with Crippen molar-refractivity contribution in [2.45, 2.75) is 52.5 Å². The molecule has 4 unspecified atom stereocenters. The molecule has 0 saturated heterocycles. The number of aryl methyl sites for hydroxylation is 2. The second kappa shape index (κ2) is 5.28. The van der Waals surface area contributed by atoms with Crippen molar-refractivity contribution < 1.29 is 0 Å². The second-order valence-electron chi connectivity index (χ2n) is 6.91. The number of rotatable bonds is 4. The fourth-order valence-corrected chi connectivity index (χ4v) is 4.11. The molecule has 1 N–H and O–H groups in total. The van der Waals surface area contributed by atoms with Crippen LogP contribution in [0.3, 0.4) is 0 Å². The highest BCUT2D eigenvalue weighted by Gasteiger charge is 2.39. The summed E-state index contributed by atoms with van der Waals surface area (Å²) in [5.74, 6) is 3.05. The minimum absolute atomic E-state index is 0.485. The van der Waals surface area contributed by atoms with Crippen molar-refractivity contribution in [2.75, 3.05) is 6.54 Å². The predicted molar refractivity (Wildman–Crippen MR) is 81.3 cm³/mol. The van der Waals surface area contributed by atoms with Crippen LogP contribution in [-0.2, 0) is 0 Å². The van der Waals surface area contributed by atoms with E-state index in [0.29, 0.717) is 6.04 Å². The Kier molecular flexibility index (Phi) is 3.66. The Morgan fingerprint density at radius 3 is 2.63 bits per heavy atom. The summed E-state index contributed by atoms with van der Waals surface area (Å²) >= 11 is 0. The van der Waals surface area contributed by atoms with Gasteiger partial charge in [-0.2, -0.15) is 0 Å². The lowest BCUT2D eigenvalue weighted by atomic mass is 9.88. The van der Waals surface area contributed by atoms with Crippen LogP contribution in [0.25, 0.3) is 0 Å². The van der Waals surface area contributed by atoms with Crippen LogP contribution >= 0.6 is 0 Å². The van der Waals surface area contributed by atoms with Gasteiger partial charge in [0.25, 0.3) is 0 Å². The minimum Gasteiger partial charge on any atom is -0.310 e. The van der Waals surface area contributed by atoms with Crippen LogP contribution in [0.5, 0.6) is 0 Å². The molecule has 104 valence electrons. The van der Waals surface area contributed by atoms with Gasteiger partial charge < -0.3 is 5.32 Å². The van der Waals surface area contributed by atoms with Crippen LogP contribution in [0.4, 0.5) is 0 Å². The third kappa shape index (κ3) is 2.72. The Balaban J connectivity index is 1.56. The van der Waals surface area contributed by atoms with Crippen molar-refractivity contribution in [3.8, 4) is 0 Å². The first-order chi connectivity index (χ1) is 9.13. The highest BCUT2D eigenvalue weighted by Crippen LogP contribution is 2.48. The van der Waals surface area contributed by atoms with E-state index in [1.807, 2.05) is 0 Å². The van der Waals surface area contributed by atoms with Gasteiger partial charge in [-0.25, -0.2) is 0 Å². The average molecular weight is 257 g/mol. The van der Waals surface area contributed by atoms with Gasteiger partial charge >= 0.3 is 0 Å². The largest absolute Gasteiger partial charge is 0.310 e. The zero-order valence-corrected chi connectivity index (χ0v) is 12.6. The van der Waals surface area contributed by atoms with Gasteiger partial charge in [-0.15, -0.1) is 0 Å². The van der Waals surface area contributed by atoms with E-state index in [-0.39, 0.29) is 0 Å². The third-order valence-corrected chi connectivity index (χ3v) is 5.60. The van der Waals surface area contributed by atoms with E-state index in [4.69, 9.17) is 0 Å². The Morgan fingerprint density at radius 2 is 2.00 bits per heavy atom. The van der Waals surface area contributed by atoms with Gasteiger partial charge in [0.1, 0.15) is 0 Å². The Morgan fingerprint density at radius 1 is 1.16 bits per heavy atom. The monoisotopic (exact) mass is 257 g/mol. The summed E-state index contributed by atoms with van der Waals surface area (Å²) in [4.78, 5) is 0. The van der Waals surface area contributed by atoms with Crippen LogP contribution in [0.2, 0.25) is 0 Å². The van der Waals surface area contributed by atoms with Crippen molar-refractivity contribution in [1.29, 1.82) is 0 Å². The maximum absolute atomic E-state index is 3.77. The van der Waals surface area contributed by atoms with E-state index >= 15 is 0 Å². The van der Waals surface area contributed by atoms with Gasteiger partial charge in [0, 0.05) is 6.04 Å². The summed E-state index contributed by atoms with van der Waals surface area (Å²) < 4.78 is 0. The molecule has 2 bridgehead atoms. The van der Waals surface area contributed by atoms with Crippen molar-refractivity contribution in [3.63, 3.8) is 0 Å². The fourth-order valence-electron chi connectivity index (χ4n) is 4.11. The number of nitrogens with one attached hydrogen (secondary N) is 1. The summed E-state index contributed by atoms with van der Waals surface area (Å²) in [6.45, 7) is 7.92. The lowest BCUT2D eigenvalue weighted by Crippen LogP contribution is -2.28. The Bertz CT molecular complexity index is 451. The molecule has 1 nitrogen and oxygen atoms in total. The van der Waals surface area contributed by atoms with Gasteiger partial charge in [-0.1, -0.05) is 24.6 Å². The summed E-state index contributed by atoms with van der Waals surface area (Å²) in [5.41, 5.74) is 4.24. The zero-order chi connectivity index (χ0) is 13.4. The number of fused-ring (bicyclic) bond motifs is 2. The molecule has 2 aliphatic carbocycles. The van der Waals surface area contributed by atoms with Crippen molar-refractivity contribution in [2.24, 2.45) is 17.8 Å².